The van der Waals surface area contributed by atoms with E-state index in [4.69, 9.17) is 0 Å². The Balaban J connectivity index is 1.91. The van der Waals surface area contributed by atoms with Gasteiger partial charge in [0, 0.05) is 24.7 Å². The smallest absolute Gasteiger partial charge is 0.0278 e. The summed E-state index contributed by atoms with van der Waals surface area (Å²) in [6.45, 7) is 13.2. The van der Waals surface area contributed by atoms with Crippen molar-refractivity contribution in [2.75, 3.05) is 19.6 Å². The summed E-state index contributed by atoms with van der Waals surface area (Å²) in [5.74, 6) is 1.79. The van der Waals surface area contributed by atoms with Crippen LogP contribution in [0.1, 0.15) is 66.2 Å². The van der Waals surface area contributed by atoms with Crippen LogP contribution in [-0.2, 0) is 0 Å². The van der Waals surface area contributed by atoms with Gasteiger partial charge < -0.3 is 5.32 Å². The first-order valence-electron chi connectivity index (χ1n) is 8.53. The molecule has 0 radical (unpaired) electrons. The molecule has 0 amide bonds. The van der Waals surface area contributed by atoms with E-state index in [0.717, 1.165) is 17.9 Å². The van der Waals surface area contributed by atoms with Gasteiger partial charge in [-0.25, -0.2) is 0 Å². The van der Waals surface area contributed by atoms with Gasteiger partial charge in [-0.05, 0) is 38.1 Å². The molecular formula is C17H34N2. The third kappa shape index (κ3) is 3.95. The molecule has 19 heavy (non-hydrogen) atoms. The highest BCUT2D eigenvalue weighted by molar-refractivity contribution is 4.95. The van der Waals surface area contributed by atoms with E-state index in [-0.39, 0.29) is 0 Å². The first-order valence-corrected chi connectivity index (χ1v) is 8.53. The number of nitrogens with one attached hydrogen (secondary N) is 1. The number of nitrogens with zero attached hydrogens (tertiary/aromatic N) is 1. The molecule has 0 bridgehead atoms. The lowest BCUT2D eigenvalue weighted by molar-refractivity contribution is 0.0557. The molecule has 2 atom stereocenters. The van der Waals surface area contributed by atoms with Crippen LogP contribution < -0.4 is 5.32 Å². The minimum atomic E-state index is 0.334. The highest BCUT2D eigenvalue weighted by atomic mass is 15.3. The minimum Gasteiger partial charge on any atom is -0.309 e. The molecular weight excluding hydrogens is 232 g/mol. The standard InChI is InChI=1S/C17H34N2/c1-5-17(4)13-19(16(12-18-17)14(2)3)11-10-15-8-6-7-9-15/h14-16,18H,5-13H2,1-4H3. The van der Waals surface area contributed by atoms with Crippen molar-refractivity contribution in [1.29, 1.82) is 0 Å². The van der Waals surface area contributed by atoms with Crippen LogP contribution in [0.2, 0.25) is 0 Å². The van der Waals surface area contributed by atoms with Crippen LogP contribution in [0.15, 0.2) is 0 Å². The first kappa shape index (κ1) is 15.3. The number of rotatable bonds is 5. The van der Waals surface area contributed by atoms with E-state index in [1.165, 1.54) is 58.2 Å². The molecule has 1 saturated heterocycles. The van der Waals surface area contributed by atoms with E-state index in [0.29, 0.717) is 5.54 Å². The SMILES string of the molecule is CCC1(C)CN(CCC2CCCC2)C(C(C)C)CN1. The number of piperazine rings is 1. The fourth-order valence-corrected chi connectivity index (χ4v) is 3.89. The third-order valence-corrected chi connectivity index (χ3v) is 5.61. The average molecular weight is 266 g/mol. The van der Waals surface area contributed by atoms with Crippen LogP contribution in [0, 0.1) is 11.8 Å². The second kappa shape index (κ2) is 6.58. The maximum Gasteiger partial charge on any atom is 0.0278 e. The van der Waals surface area contributed by atoms with E-state index in [2.05, 4.69) is 37.9 Å². The summed E-state index contributed by atoms with van der Waals surface area (Å²) in [7, 11) is 0. The van der Waals surface area contributed by atoms with Crippen molar-refractivity contribution in [1.82, 2.24) is 10.2 Å². The van der Waals surface area contributed by atoms with Crippen LogP contribution in [0.25, 0.3) is 0 Å². The predicted molar refractivity (Wildman–Crippen MR) is 83.5 cm³/mol. The zero-order valence-electron chi connectivity index (χ0n) is 13.5. The molecule has 1 saturated carbocycles. The minimum absolute atomic E-state index is 0.334. The van der Waals surface area contributed by atoms with Crippen LogP contribution in [0.5, 0.6) is 0 Å². The van der Waals surface area contributed by atoms with Gasteiger partial charge in [0.25, 0.3) is 0 Å². The van der Waals surface area contributed by atoms with Crippen molar-refractivity contribution in [3.05, 3.63) is 0 Å². The quantitative estimate of drug-likeness (QED) is 0.817. The van der Waals surface area contributed by atoms with Crippen LogP contribution in [0.3, 0.4) is 0 Å². The Kier molecular flexibility index (Phi) is 5.30. The molecule has 2 fully saturated rings. The molecule has 0 aromatic rings. The second-order valence-electron chi connectivity index (χ2n) is 7.52. The Bertz CT molecular complexity index is 270. The van der Waals surface area contributed by atoms with Gasteiger partial charge in [0.1, 0.15) is 0 Å². The maximum atomic E-state index is 3.79. The summed E-state index contributed by atoms with van der Waals surface area (Å²) in [5.41, 5.74) is 0.334. The van der Waals surface area contributed by atoms with E-state index in [9.17, 15) is 0 Å². The Morgan fingerprint density at radius 3 is 2.53 bits per heavy atom. The molecule has 0 aromatic heterocycles. The Morgan fingerprint density at radius 2 is 1.95 bits per heavy atom. The van der Waals surface area contributed by atoms with Gasteiger partial charge in [0.15, 0.2) is 0 Å². The lowest BCUT2D eigenvalue weighted by Crippen LogP contribution is -2.64. The third-order valence-electron chi connectivity index (χ3n) is 5.61. The van der Waals surface area contributed by atoms with Gasteiger partial charge in [-0.15, -0.1) is 0 Å². The fourth-order valence-electron chi connectivity index (χ4n) is 3.89. The highest BCUT2D eigenvalue weighted by Gasteiger charge is 2.35. The lowest BCUT2D eigenvalue weighted by atomic mass is 9.89. The molecule has 112 valence electrons. The molecule has 2 unspecified atom stereocenters. The lowest BCUT2D eigenvalue weighted by Gasteiger charge is -2.48. The Labute approximate surface area is 120 Å². The fraction of sp³-hybridized carbons (Fsp3) is 1.00. The summed E-state index contributed by atoms with van der Waals surface area (Å²) in [5, 5.41) is 3.79. The molecule has 1 heterocycles. The molecule has 1 N–H and O–H groups in total. The van der Waals surface area contributed by atoms with E-state index in [1.807, 2.05) is 0 Å². The van der Waals surface area contributed by atoms with Crippen molar-refractivity contribution in [3.8, 4) is 0 Å². The van der Waals surface area contributed by atoms with Crippen molar-refractivity contribution in [2.45, 2.75) is 77.8 Å². The van der Waals surface area contributed by atoms with Crippen LogP contribution in [-0.4, -0.2) is 36.1 Å². The summed E-state index contributed by atoms with van der Waals surface area (Å²) < 4.78 is 0. The largest absolute Gasteiger partial charge is 0.309 e. The summed E-state index contributed by atoms with van der Waals surface area (Å²) in [6.07, 6.45) is 8.60. The van der Waals surface area contributed by atoms with Gasteiger partial charge in [0.2, 0.25) is 0 Å². The summed E-state index contributed by atoms with van der Waals surface area (Å²) >= 11 is 0. The zero-order chi connectivity index (χ0) is 13.9. The predicted octanol–water partition coefficient (Wildman–Crippen LogP) is 3.67. The molecule has 1 aliphatic carbocycles. The Morgan fingerprint density at radius 1 is 1.26 bits per heavy atom. The number of hydrogen-bond acceptors (Lipinski definition) is 2. The number of hydrogen-bond donors (Lipinski definition) is 1. The van der Waals surface area contributed by atoms with Crippen molar-refractivity contribution < 1.29 is 0 Å². The molecule has 2 rings (SSSR count). The van der Waals surface area contributed by atoms with Gasteiger partial charge in [0.05, 0.1) is 0 Å². The monoisotopic (exact) mass is 266 g/mol. The van der Waals surface area contributed by atoms with Crippen LogP contribution >= 0.6 is 0 Å². The summed E-state index contributed by atoms with van der Waals surface area (Å²) in [4.78, 5) is 2.79. The molecule has 0 aromatic carbocycles. The van der Waals surface area contributed by atoms with E-state index in [1.54, 1.807) is 0 Å². The maximum absolute atomic E-state index is 3.79. The first-order chi connectivity index (χ1) is 9.04. The van der Waals surface area contributed by atoms with E-state index >= 15 is 0 Å². The zero-order valence-corrected chi connectivity index (χ0v) is 13.5. The molecule has 1 aliphatic heterocycles. The molecule has 2 aliphatic rings. The van der Waals surface area contributed by atoms with Gasteiger partial charge in [-0.2, -0.15) is 0 Å². The molecule has 2 nitrogen and oxygen atoms in total. The topological polar surface area (TPSA) is 15.3 Å². The van der Waals surface area contributed by atoms with Crippen molar-refractivity contribution in [3.63, 3.8) is 0 Å². The van der Waals surface area contributed by atoms with Gasteiger partial charge in [-0.1, -0.05) is 46.5 Å². The highest BCUT2D eigenvalue weighted by Crippen LogP contribution is 2.29. The normalized spacial score (nSPS) is 34.3. The molecule has 2 heteroatoms. The molecule has 0 spiro atoms. The van der Waals surface area contributed by atoms with Crippen LogP contribution in [0.4, 0.5) is 0 Å². The second-order valence-corrected chi connectivity index (χ2v) is 7.52. The van der Waals surface area contributed by atoms with Gasteiger partial charge >= 0.3 is 0 Å². The van der Waals surface area contributed by atoms with Gasteiger partial charge in [-0.3, -0.25) is 4.90 Å². The average Bonchev–Trinajstić information content (AvgIpc) is 2.89. The van der Waals surface area contributed by atoms with Crippen molar-refractivity contribution >= 4 is 0 Å². The Hall–Kier alpha value is -0.0800. The van der Waals surface area contributed by atoms with Crippen molar-refractivity contribution in [2.24, 2.45) is 11.8 Å². The summed E-state index contributed by atoms with van der Waals surface area (Å²) in [6, 6.07) is 0.737. The van der Waals surface area contributed by atoms with E-state index < -0.39 is 0 Å².